The number of hydrogen-bond acceptors (Lipinski definition) is 2. The lowest BCUT2D eigenvalue weighted by Crippen LogP contribution is -1.91. The van der Waals surface area contributed by atoms with Gasteiger partial charge in [0.2, 0.25) is 0 Å². The van der Waals surface area contributed by atoms with Crippen LogP contribution in [-0.2, 0) is 5.33 Å². The highest BCUT2D eigenvalue weighted by Crippen LogP contribution is 2.28. The Labute approximate surface area is 163 Å². The van der Waals surface area contributed by atoms with Crippen LogP contribution in [0.15, 0.2) is 72.8 Å². The Bertz CT molecular complexity index is 814. The van der Waals surface area contributed by atoms with E-state index < -0.39 is 0 Å². The summed E-state index contributed by atoms with van der Waals surface area (Å²) >= 11 is 3.51. The minimum absolute atomic E-state index is 0.854. The molecule has 3 aromatic carbocycles. The predicted molar refractivity (Wildman–Crippen MR) is 112 cm³/mol. The molecule has 0 atom stereocenters. The SMILES string of the molecule is COc1ccc(/C=C(/c2ccc(CBr)cc2)c2ccc(OC)cc2)cc1. The molecule has 132 valence electrons. The summed E-state index contributed by atoms with van der Waals surface area (Å²) in [5.41, 5.74) is 5.87. The minimum Gasteiger partial charge on any atom is -0.497 e. The van der Waals surface area contributed by atoms with Crippen molar-refractivity contribution in [2.75, 3.05) is 14.2 Å². The van der Waals surface area contributed by atoms with Crippen molar-refractivity contribution in [2.45, 2.75) is 5.33 Å². The molecule has 3 rings (SSSR count). The molecule has 0 N–H and O–H groups in total. The van der Waals surface area contributed by atoms with Crippen molar-refractivity contribution in [3.63, 3.8) is 0 Å². The molecule has 0 spiro atoms. The summed E-state index contributed by atoms with van der Waals surface area (Å²) < 4.78 is 10.5. The first-order valence-electron chi connectivity index (χ1n) is 8.39. The Kier molecular flexibility index (Phi) is 6.13. The second-order valence-corrected chi connectivity index (χ2v) is 6.45. The van der Waals surface area contributed by atoms with E-state index in [1.54, 1.807) is 14.2 Å². The number of alkyl halides is 1. The molecular formula is C23H21BrO2. The third kappa shape index (κ3) is 4.36. The van der Waals surface area contributed by atoms with Gasteiger partial charge < -0.3 is 9.47 Å². The van der Waals surface area contributed by atoms with Crippen molar-refractivity contribution < 1.29 is 9.47 Å². The first-order valence-corrected chi connectivity index (χ1v) is 9.51. The molecule has 26 heavy (non-hydrogen) atoms. The molecule has 0 aliphatic heterocycles. The van der Waals surface area contributed by atoms with E-state index in [0.29, 0.717) is 0 Å². The number of benzene rings is 3. The van der Waals surface area contributed by atoms with Crippen LogP contribution in [0, 0.1) is 0 Å². The summed E-state index contributed by atoms with van der Waals surface area (Å²) in [6.07, 6.45) is 2.20. The van der Waals surface area contributed by atoms with E-state index in [1.807, 2.05) is 24.3 Å². The zero-order chi connectivity index (χ0) is 18.4. The maximum Gasteiger partial charge on any atom is 0.118 e. The van der Waals surface area contributed by atoms with Crippen LogP contribution in [0.2, 0.25) is 0 Å². The van der Waals surface area contributed by atoms with Gasteiger partial charge in [0.05, 0.1) is 14.2 Å². The van der Waals surface area contributed by atoms with Crippen LogP contribution in [0.3, 0.4) is 0 Å². The molecule has 0 saturated heterocycles. The lowest BCUT2D eigenvalue weighted by Gasteiger charge is -2.11. The predicted octanol–water partition coefficient (Wildman–Crippen LogP) is 6.19. The zero-order valence-electron chi connectivity index (χ0n) is 14.9. The average molecular weight is 409 g/mol. The standard InChI is InChI=1S/C23H21BrO2/c1-25-21-11-5-17(6-12-21)15-23(19-7-3-18(16-24)4-8-19)20-9-13-22(26-2)14-10-20/h3-15H,16H2,1-2H3/b23-15-. The van der Waals surface area contributed by atoms with Gasteiger partial charge >= 0.3 is 0 Å². The number of rotatable bonds is 6. The average Bonchev–Trinajstić information content (AvgIpc) is 2.73. The van der Waals surface area contributed by atoms with E-state index in [4.69, 9.17) is 9.47 Å². The van der Waals surface area contributed by atoms with Crippen LogP contribution in [0.4, 0.5) is 0 Å². The first-order chi connectivity index (χ1) is 12.7. The van der Waals surface area contributed by atoms with Gasteiger partial charge in [-0.15, -0.1) is 0 Å². The van der Waals surface area contributed by atoms with Gasteiger partial charge in [-0.1, -0.05) is 64.5 Å². The van der Waals surface area contributed by atoms with E-state index in [0.717, 1.165) is 28.0 Å². The van der Waals surface area contributed by atoms with E-state index in [-0.39, 0.29) is 0 Å². The maximum atomic E-state index is 5.29. The number of hydrogen-bond donors (Lipinski definition) is 0. The molecule has 0 unspecified atom stereocenters. The van der Waals surface area contributed by atoms with Crippen molar-refractivity contribution in [3.8, 4) is 11.5 Å². The van der Waals surface area contributed by atoms with Gasteiger partial charge in [-0.2, -0.15) is 0 Å². The first kappa shape index (κ1) is 18.3. The molecule has 0 bridgehead atoms. The molecule has 0 amide bonds. The molecule has 0 radical (unpaired) electrons. The third-order valence-corrected chi connectivity index (χ3v) is 4.89. The Morgan fingerprint density at radius 3 is 1.65 bits per heavy atom. The molecule has 2 nitrogen and oxygen atoms in total. The topological polar surface area (TPSA) is 18.5 Å². The largest absolute Gasteiger partial charge is 0.497 e. The summed E-state index contributed by atoms with van der Waals surface area (Å²) in [7, 11) is 3.36. The molecule has 0 aliphatic rings. The van der Waals surface area contributed by atoms with Crippen LogP contribution in [0.5, 0.6) is 11.5 Å². The lowest BCUT2D eigenvalue weighted by molar-refractivity contribution is 0.414. The Hall–Kier alpha value is -2.52. The van der Waals surface area contributed by atoms with Crippen LogP contribution < -0.4 is 9.47 Å². The molecule has 0 fully saturated rings. The number of methoxy groups -OCH3 is 2. The summed E-state index contributed by atoms with van der Waals surface area (Å²) in [6, 6.07) is 24.9. The highest BCUT2D eigenvalue weighted by Gasteiger charge is 2.07. The fourth-order valence-electron chi connectivity index (χ4n) is 2.74. The van der Waals surface area contributed by atoms with Crippen molar-refractivity contribution in [2.24, 2.45) is 0 Å². The van der Waals surface area contributed by atoms with Crippen LogP contribution in [0.25, 0.3) is 11.6 Å². The number of halogens is 1. The fraction of sp³-hybridized carbons (Fsp3) is 0.130. The van der Waals surface area contributed by atoms with Crippen LogP contribution in [0.1, 0.15) is 22.3 Å². The van der Waals surface area contributed by atoms with E-state index in [2.05, 4.69) is 70.5 Å². The van der Waals surface area contributed by atoms with Crippen molar-refractivity contribution in [1.29, 1.82) is 0 Å². The number of ether oxygens (including phenoxy) is 2. The molecular weight excluding hydrogens is 388 g/mol. The smallest absolute Gasteiger partial charge is 0.118 e. The van der Waals surface area contributed by atoms with E-state index in [1.165, 1.54) is 16.7 Å². The Morgan fingerprint density at radius 1 is 0.731 bits per heavy atom. The highest BCUT2D eigenvalue weighted by atomic mass is 79.9. The van der Waals surface area contributed by atoms with Gasteiger partial charge in [0.15, 0.2) is 0 Å². The van der Waals surface area contributed by atoms with E-state index in [9.17, 15) is 0 Å². The van der Waals surface area contributed by atoms with Crippen molar-refractivity contribution in [3.05, 3.63) is 95.1 Å². The monoisotopic (exact) mass is 408 g/mol. The summed E-state index contributed by atoms with van der Waals surface area (Å²) in [5, 5.41) is 0.855. The van der Waals surface area contributed by atoms with E-state index >= 15 is 0 Å². The Balaban J connectivity index is 2.05. The normalized spacial score (nSPS) is 11.3. The summed E-state index contributed by atoms with van der Waals surface area (Å²) in [4.78, 5) is 0. The highest BCUT2D eigenvalue weighted by molar-refractivity contribution is 9.08. The van der Waals surface area contributed by atoms with Gasteiger partial charge in [0.1, 0.15) is 11.5 Å². The second-order valence-electron chi connectivity index (χ2n) is 5.89. The molecule has 0 heterocycles. The lowest BCUT2D eigenvalue weighted by atomic mass is 9.95. The van der Waals surface area contributed by atoms with Gasteiger partial charge in [0, 0.05) is 5.33 Å². The maximum absolute atomic E-state index is 5.29. The summed E-state index contributed by atoms with van der Waals surface area (Å²) in [5.74, 6) is 1.71. The molecule has 3 aromatic rings. The minimum atomic E-state index is 0.854. The quantitative estimate of drug-likeness (QED) is 0.357. The molecule has 3 heteroatoms. The molecule has 0 aromatic heterocycles. The molecule has 0 saturated carbocycles. The van der Waals surface area contributed by atoms with Crippen molar-refractivity contribution in [1.82, 2.24) is 0 Å². The van der Waals surface area contributed by atoms with Gasteiger partial charge in [-0.05, 0) is 58.2 Å². The molecule has 0 aliphatic carbocycles. The Morgan fingerprint density at radius 2 is 1.19 bits per heavy atom. The van der Waals surface area contributed by atoms with Crippen molar-refractivity contribution >= 4 is 27.6 Å². The summed E-state index contributed by atoms with van der Waals surface area (Å²) in [6.45, 7) is 0. The van der Waals surface area contributed by atoms with Gasteiger partial charge in [0.25, 0.3) is 0 Å². The second kappa shape index (κ2) is 8.72. The van der Waals surface area contributed by atoms with Crippen LogP contribution >= 0.6 is 15.9 Å². The fourth-order valence-corrected chi connectivity index (χ4v) is 3.12. The van der Waals surface area contributed by atoms with Gasteiger partial charge in [-0.25, -0.2) is 0 Å². The van der Waals surface area contributed by atoms with Crippen LogP contribution in [-0.4, -0.2) is 14.2 Å². The zero-order valence-corrected chi connectivity index (χ0v) is 16.5. The van der Waals surface area contributed by atoms with Gasteiger partial charge in [-0.3, -0.25) is 0 Å². The third-order valence-electron chi connectivity index (χ3n) is 4.25.